The fraction of sp³-hybridized carbons (Fsp3) is 0.588. The van der Waals surface area contributed by atoms with Crippen LogP contribution in [0.5, 0.6) is 0 Å². The molecule has 0 radical (unpaired) electrons. The Morgan fingerprint density at radius 1 is 1.33 bits per heavy atom. The Balaban J connectivity index is 1.80. The van der Waals surface area contributed by atoms with Gasteiger partial charge in [-0.2, -0.15) is 0 Å². The summed E-state index contributed by atoms with van der Waals surface area (Å²) in [7, 11) is 0. The van der Waals surface area contributed by atoms with Gasteiger partial charge in [0.2, 0.25) is 6.41 Å². The molecule has 1 amide bonds. The van der Waals surface area contributed by atoms with E-state index in [2.05, 4.69) is 5.32 Å². The van der Waals surface area contributed by atoms with Gasteiger partial charge in [-0.05, 0) is 26.3 Å². The number of rotatable bonds is 5. The maximum absolute atomic E-state index is 12.1. The maximum atomic E-state index is 12.1. The molecule has 7 heteroatoms. The normalized spacial score (nSPS) is 22.5. The number of ether oxygens (including phenoxy) is 2. The highest BCUT2D eigenvalue weighted by Crippen LogP contribution is 2.15. The number of likely N-dealkylation sites (tertiary alicyclic amines) is 1. The predicted molar refractivity (Wildman–Crippen MR) is 88.0 cm³/mol. The molecule has 1 fully saturated rings. The summed E-state index contributed by atoms with van der Waals surface area (Å²) >= 11 is 0. The molecule has 0 saturated carbocycles. The molecule has 0 spiro atoms. The van der Waals surface area contributed by atoms with Crippen molar-refractivity contribution in [3.05, 3.63) is 35.9 Å². The molecule has 3 N–H and O–H groups in total. The van der Waals surface area contributed by atoms with Crippen molar-refractivity contribution in [2.45, 2.75) is 51.5 Å². The van der Waals surface area contributed by atoms with Gasteiger partial charge >= 0.3 is 6.09 Å². The number of nitrogens with one attached hydrogen (secondary N) is 1. The van der Waals surface area contributed by atoms with E-state index in [-0.39, 0.29) is 19.7 Å². The lowest BCUT2D eigenvalue weighted by atomic mass is 10.2. The third-order valence-corrected chi connectivity index (χ3v) is 3.57. The van der Waals surface area contributed by atoms with E-state index in [1.54, 1.807) is 0 Å². The zero-order valence-corrected chi connectivity index (χ0v) is 14.3. The highest BCUT2D eigenvalue weighted by Gasteiger charge is 2.36. The minimum absolute atomic E-state index is 0.146. The number of aliphatic hydroxyl groups excluding tert-OH is 2. The Bertz CT molecular complexity index is 532. The number of benzene rings is 1. The van der Waals surface area contributed by atoms with Gasteiger partial charge in [0.1, 0.15) is 6.61 Å². The first kappa shape index (κ1) is 18.7. The number of β-amino-alcohol motifs (C(OH)–C–C–N with tert-alkyl or cyclic N) is 1. The second kappa shape index (κ2) is 7.94. The number of hydrogen-bond acceptors (Lipinski definition) is 6. The van der Waals surface area contributed by atoms with Crippen LogP contribution in [0.25, 0.3) is 0 Å². The highest BCUT2D eigenvalue weighted by molar-refractivity contribution is 5.68. The van der Waals surface area contributed by atoms with Crippen LogP contribution in [0.1, 0.15) is 26.3 Å². The number of carbonyl (C=O) groups is 1. The van der Waals surface area contributed by atoms with Crippen molar-refractivity contribution in [1.29, 1.82) is 0 Å². The summed E-state index contributed by atoms with van der Waals surface area (Å²) < 4.78 is 10.6. The largest absolute Gasteiger partial charge is 0.445 e. The molecular formula is C17H26N2O5. The molecule has 1 saturated heterocycles. The predicted octanol–water partition coefficient (Wildman–Crippen LogP) is 1.05. The lowest BCUT2D eigenvalue weighted by Crippen LogP contribution is -2.48. The lowest BCUT2D eigenvalue weighted by Gasteiger charge is -2.27. The Labute approximate surface area is 142 Å². The van der Waals surface area contributed by atoms with E-state index in [0.29, 0.717) is 0 Å². The van der Waals surface area contributed by atoms with E-state index in [0.717, 1.165) is 5.56 Å². The van der Waals surface area contributed by atoms with Gasteiger partial charge in [-0.3, -0.25) is 5.32 Å². The molecule has 0 aromatic heterocycles. The number of nitrogens with zero attached hydrogens (tertiary/aromatic N) is 1. The molecule has 3 atom stereocenters. The van der Waals surface area contributed by atoms with E-state index in [4.69, 9.17) is 9.47 Å². The van der Waals surface area contributed by atoms with Crippen molar-refractivity contribution in [3.8, 4) is 0 Å². The molecule has 1 unspecified atom stereocenters. The van der Waals surface area contributed by atoms with Crippen LogP contribution in [0.3, 0.4) is 0 Å². The van der Waals surface area contributed by atoms with Crippen molar-refractivity contribution in [2.75, 3.05) is 13.1 Å². The first-order valence-electron chi connectivity index (χ1n) is 8.00. The monoisotopic (exact) mass is 338 g/mol. The van der Waals surface area contributed by atoms with E-state index in [1.165, 1.54) is 4.90 Å². The van der Waals surface area contributed by atoms with Crippen LogP contribution < -0.4 is 5.32 Å². The summed E-state index contributed by atoms with van der Waals surface area (Å²) in [6.07, 6.45) is -2.51. The topological polar surface area (TPSA) is 91.3 Å². The standard InChI is InChI=1S/C17H26N2O5/c1-17(2,3)24-15(21)18-13-9-19(10-14(13)20)16(22)23-11-12-7-5-4-6-8-12/h4-8,13-15,18,20-21H,9-11H2,1-3H3/t13-,14-,15?/m0/s1. The zero-order valence-electron chi connectivity index (χ0n) is 14.3. The Morgan fingerprint density at radius 3 is 2.62 bits per heavy atom. The third-order valence-electron chi connectivity index (χ3n) is 3.57. The Morgan fingerprint density at radius 2 is 2.00 bits per heavy atom. The van der Waals surface area contributed by atoms with Gasteiger partial charge in [0.15, 0.2) is 0 Å². The van der Waals surface area contributed by atoms with Crippen molar-refractivity contribution in [3.63, 3.8) is 0 Å². The minimum Gasteiger partial charge on any atom is -0.445 e. The number of amides is 1. The summed E-state index contributed by atoms with van der Waals surface area (Å²) in [6, 6.07) is 8.90. The molecule has 2 rings (SSSR count). The van der Waals surface area contributed by atoms with Gasteiger partial charge < -0.3 is 24.6 Å². The molecule has 24 heavy (non-hydrogen) atoms. The maximum Gasteiger partial charge on any atom is 0.410 e. The lowest BCUT2D eigenvalue weighted by molar-refractivity contribution is -0.187. The Hall–Kier alpha value is -1.67. The molecule has 0 aliphatic carbocycles. The summed E-state index contributed by atoms with van der Waals surface area (Å²) in [5.41, 5.74) is 0.374. The SMILES string of the molecule is CC(C)(C)OC(O)N[C@H]1CN(C(=O)OCc2ccccc2)C[C@@H]1O. The molecule has 1 aliphatic rings. The molecule has 134 valence electrons. The van der Waals surface area contributed by atoms with Gasteiger partial charge in [0.25, 0.3) is 0 Å². The van der Waals surface area contributed by atoms with E-state index in [1.807, 2.05) is 51.1 Å². The average Bonchev–Trinajstić information content (AvgIpc) is 2.85. The van der Waals surface area contributed by atoms with Crippen LogP contribution >= 0.6 is 0 Å². The fourth-order valence-electron chi connectivity index (χ4n) is 2.46. The summed E-state index contributed by atoms with van der Waals surface area (Å²) in [6.45, 7) is 6.01. The van der Waals surface area contributed by atoms with Gasteiger partial charge in [0.05, 0.1) is 24.3 Å². The van der Waals surface area contributed by atoms with Crippen LogP contribution in [0, 0.1) is 0 Å². The summed E-state index contributed by atoms with van der Waals surface area (Å²) in [4.78, 5) is 13.5. The smallest absolute Gasteiger partial charge is 0.410 e. The van der Waals surface area contributed by atoms with Gasteiger partial charge in [-0.15, -0.1) is 0 Å². The van der Waals surface area contributed by atoms with Crippen LogP contribution in [-0.4, -0.2) is 58.5 Å². The number of carbonyl (C=O) groups excluding carboxylic acids is 1. The zero-order chi connectivity index (χ0) is 17.7. The van der Waals surface area contributed by atoms with Gasteiger partial charge in [-0.25, -0.2) is 4.79 Å². The number of aliphatic hydroxyl groups is 2. The molecule has 1 aliphatic heterocycles. The molecule has 1 aromatic carbocycles. The second-order valence-electron chi connectivity index (χ2n) is 6.87. The molecule has 1 aromatic rings. The van der Waals surface area contributed by atoms with Crippen molar-refractivity contribution in [2.24, 2.45) is 0 Å². The van der Waals surface area contributed by atoms with Crippen molar-refractivity contribution >= 4 is 6.09 Å². The van der Waals surface area contributed by atoms with Gasteiger partial charge in [0, 0.05) is 6.54 Å². The van der Waals surface area contributed by atoms with Crippen LogP contribution in [0.4, 0.5) is 4.79 Å². The molecule has 0 bridgehead atoms. The van der Waals surface area contributed by atoms with Crippen molar-refractivity contribution < 1.29 is 24.5 Å². The van der Waals surface area contributed by atoms with Crippen LogP contribution in [0.2, 0.25) is 0 Å². The van der Waals surface area contributed by atoms with Gasteiger partial charge in [-0.1, -0.05) is 30.3 Å². The fourth-order valence-corrected chi connectivity index (χ4v) is 2.46. The highest BCUT2D eigenvalue weighted by atomic mass is 16.6. The first-order valence-corrected chi connectivity index (χ1v) is 8.00. The summed E-state index contributed by atoms with van der Waals surface area (Å²) in [5.74, 6) is 0. The van der Waals surface area contributed by atoms with E-state index < -0.39 is 30.3 Å². The number of hydrogen-bond donors (Lipinski definition) is 3. The second-order valence-corrected chi connectivity index (χ2v) is 6.87. The third kappa shape index (κ3) is 5.76. The van der Waals surface area contributed by atoms with Crippen molar-refractivity contribution in [1.82, 2.24) is 10.2 Å². The minimum atomic E-state index is -1.22. The quantitative estimate of drug-likeness (QED) is 0.695. The van der Waals surface area contributed by atoms with Crippen LogP contribution in [-0.2, 0) is 16.1 Å². The first-order chi connectivity index (χ1) is 11.2. The average molecular weight is 338 g/mol. The molecule has 1 heterocycles. The molecular weight excluding hydrogens is 312 g/mol. The van der Waals surface area contributed by atoms with E-state index >= 15 is 0 Å². The van der Waals surface area contributed by atoms with Crippen LogP contribution in [0.15, 0.2) is 30.3 Å². The Kier molecular flexibility index (Phi) is 6.17. The van der Waals surface area contributed by atoms with E-state index in [9.17, 15) is 15.0 Å². The molecule has 7 nitrogen and oxygen atoms in total. The summed E-state index contributed by atoms with van der Waals surface area (Å²) in [5, 5.41) is 22.7.